The first-order valence-electron chi connectivity index (χ1n) is 9.69. The molecule has 13 heteroatoms. The van der Waals surface area contributed by atoms with Crippen molar-refractivity contribution in [3.8, 4) is 0 Å². The second-order valence-corrected chi connectivity index (χ2v) is 8.35. The lowest BCUT2D eigenvalue weighted by Gasteiger charge is -2.26. The number of nitrogens with one attached hydrogen (secondary N) is 3. The molecule has 11 nitrogen and oxygen atoms in total. The zero-order valence-electron chi connectivity index (χ0n) is 17.8. The summed E-state index contributed by atoms with van der Waals surface area (Å²) < 4.78 is 0. The summed E-state index contributed by atoms with van der Waals surface area (Å²) in [6.07, 6.45) is 1.76. The zero-order chi connectivity index (χ0) is 24.1. The van der Waals surface area contributed by atoms with E-state index in [1.54, 1.807) is 20.1 Å². The summed E-state index contributed by atoms with van der Waals surface area (Å²) in [6, 6.07) is -4.77. The number of carboxylic acids is 2. The lowest BCUT2D eigenvalue weighted by atomic mass is 9.98. The van der Waals surface area contributed by atoms with Crippen molar-refractivity contribution in [1.29, 1.82) is 0 Å². The summed E-state index contributed by atoms with van der Waals surface area (Å²) >= 11 is 5.30. The Kier molecular flexibility index (Phi) is 14.0. The van der Waals surface area contributed by atoms with Gasteiger partial charge in [-0.05, 0) is 24.3 Å². The molecule has 31 heavy (non-hydrogen) atoms. The third-order valence-electron chi connectivity index (χ3n) is 4.57. The molecule has 5 unspecified atom stereocenters. The first kappa shape index (κ1) is 29.0. The van der Waals surface area contributed by atoms with Gasteiger partial charge in [-0.25, -0.2) is 4.79 Å². The van der Waals surface area contributed by atoms with E-state index in [2.05, 4.69) is 28.6 Å². The highest BCUT2D eigenvalue weighted by Crippen LogP contribution is 2.10. The van der Waals surface area contributed by atoms with E-state index in [9.17, 15) is 29.1 Å². The highest BCUT2D eigenvalue weighted by molar-refractivity contribution is 7.98. The van der Waals surface area contributed by atoms with E-state index in [1.165, 1.54) is 11.8 Å². The van der Waals surface area contributed by atoms with Gasteiger partial charge in [0.2, 0.25) is 17.7 Å². The van der Waals surface area contributed by atoms with Gasteiger partial charge in [0.25, 0.3) is 0 Å². The lowest BCUT2D eigenvalue weighted by molar-refractivity contribution is -0.144. The second-order valence-electron chi connectivity index (χ2n) is 7.00. The molecule has 0 aliphatic heterocycles. The largest absolute Gasteiger partial charge is 0.481 e. The van der Waals surface area contributed by atoms with Gasteiger partial charge in [-0.3, -0.25) is 19.2 Å². The molecule has 0 aromatic carbocycles. The van der Waals surface area contributed by atoms with E-state index >= 15 is 0 Å². The molecule has 0 aromatic rings. The zero-order valence-corrected chi connectivity index (χ0v) is 19.5. The maximum absolute atomic E-state index is 12.7. The summed E-state index contributed by atoms with van der Waals surface area (Å²) in [5, 5.41) is 25.6. The van der Waals surface area contributed by atoms with Crippen molar-refractivity contribution in [1.82, 2.24) is 16.0 Å². The number of carbonyl (C=O) groups is 5. The van der Waals surface area contributed by atoms with Crippen LogP contribution in [0.4, 0.5) is 0 Å². The number of hydrogen-bond acceptors (Lipinski definition) is 8. The molecule has 0 aliphatic carbocycles. The molecule has 0 heterocycles. The van der Waals surface area contributed by atoms with Gasteiger partial charge in [0.15, 0.2) is 0 Å². The van der Waals surface area contributed by atoms with Gasteiger partial charge >= 0.3 is 11.9 Å². The van der Waals surface area contributed by atoms with Crippen molar-refractivity contribution >= 4 is 54.1 Å². The van der Waals surface area contributed by atoms with E-state index < -0.39 is 60.2 Å². The Balaban J connectivity index is 5.48. The first-order valence-corrected chi connectivity index (χ1v) is 11.7. The fraction of sp³-hybridized carbons (Fsp3) is 0.722. The molecule has 0 bridgehead atoms. The van der Waals surface area contributed by atoms with Crippen molar-refractivity contribution in [3.63, 3.8) is 0 Å². The second kappa shape index (κ2) is 14.9. The number of rotatable bonds is 15. The molecule has 0 radical (unpaired) electrons. The average Bonchev–Trinajstić information content (AvgIpc) is 2.71. The molecular weight excluding hydrogens is 448 g/mol. The third kappa shape index (κ3) is 10.7. The normalized spacial score (nSPS) is 15.6. The maximum Gasteiger partial charge on any atom is 0.326 e. The fourth-order valence-electron chi connectivity index (χ4n) is 2.46. The Bertz CT molecular complexity index is 650. The minimum Gasteiger partial charge on any atom is -0.481 e. The molecule has 0 rings (SSSR count). The third-order valence-corrected chi connectivity index (χ3v) is 5.60. The maximum atomic E-state index is 12.7. The summed E-state index contributed by atoms with van der Waals surface area (Å²) in [5.41, 5.74) is 5.55. The molecule has 5 atom stereocenters. The van der Waals surface area contributed by atoms with Crippen LogP contribution < -0.4 is 21.7 Å². The van der Waals surface area contributed by atoms with Gasteiger partial charge in [-0.2, -0.15) is 24.4 Å². The van der Waals surface area contributed by atoms with Crippen LogP contribution in [-0.2, 0) is 24.0 Å². The monoisotopic (exact) mass is 480 g/mol. The smallest absolute Gasteiger partial charge is 0.326 e. The minimum atomic E-state index is -1.47. The number of carbonyl (C=O) groups excluding carboxylic acids is 3. The molecular formula is C18H32N4O7S2. The standard InChI is InChI=1S/C18H32N4O7S2/c1-4-9(2)14(18(28)29)22-16(26)11(5-6-31-3)20-17(27)12(7-13(23)24)21-15(25)10(19)8-30/h9-12,14,30H,4-8,19H2,1-3H3,(H,20,27)(H,21,25)(H,22,26)(H,23,24)(H,28,29). The molecule has 7 N–H and O–H groups in total. The van der Waals surface area contributed by atoms with Crippen molar-refractivity contribution < 1.29 is 34.2 Å². The SMILES string of the molecule is CCC(C)C(NC(=O)C(CCSC)NC(=O)C(CC(=O)O)NC(=O)C(N)CS)C(=O)O. The lowest BCUT2D eigenvalue weighted by Crippen LogP contribution is -2.58. The number of amides is 3. The van der Waals surface area contributed by atoms with Crippen molar-refractivity contribution in [2.24, 2.45) is 11.7 Å². The van der Waals surface area contributed by atoms with Crippen LogP contribution in [0.5, 0.6) is 0 Å². The number of nitrogens with two attached hydrogens (primary N) is 1. The van der Waals surface area contributed by atoms with Crippen LogP contribution in [0.15, 0.2) is 0 Å². The van der Waals surface area contributed by atoms with E-state index in [-0.39, 0.29) is 18.1 Å². The predicted molar refractivity (Wildman–Crippen MR) is 120 cm³/mol. The van der Waals surface area contributed by atoms with Crippen molar-refractivity contribution in [2.45, 2.75) is 57.3 Å². The highest BCUT2D eigenvalue weighted by Gasteiger charge is 2.32. The number of thioether (sulfide) groups is 1. The Morgan fingerprint density at radius 2 is 1.55 bits per heavy atom. The summed E-state index contributed by atoms with van der Waals surface area (Å²) in [7, 11) is 0. The Labute approximate surface area is 191 Å². The van der Waals surface area contributed by atoms with Gasteiger partial charge in [-0.1, -0.05) is 20.3 Å². The van der Waals surface area contributed by atoms with E-state index in [0.717, 1.165) is 0 Å². The molecule has 178 valence electrons. The summed E-state index contributed by atoms with van der Waals surface area (Å²) in [6.45, 7) is 3.46. The van der Waals surface area contributed by atoms with E-state index in [4.69, 9.17) is 10.8 Å². The van der Waals surface area contributed by atoms with Crippen molar-refractivity contribution in [2.75, 3.05) is 17.8 Å². The highest BCUT2D eigenvalue weighted by atomic mass is 32.2. The number of thiol groups is 1. The Morgan fingerprint density at radius 1 is 1.00 bits per heavy atom. The van der Waals surface area contributed by atoms with Gasteiger partial charge in [0.1, 0.15) is 18.1 Å². The summed E-state index contributed by atoms with van der Waals surface area (Å²) in [5.74, 6) is -4.79. The van der Waals surface area contributed by atoms with Crippen LogP contribution in [0.3, 0.4) is 0 Å². The first-order chi connectivity index (χ1) is 14.5. The summed E-state index contributed by atoms with van der Waals surface area (Å²) in [4.78, 5) is 60.0. The quantitative estimate of drug-likeness (QED) is 0.145. The van der Waals surface area contributed by atoms with E-state index in [0.29, 0.717) is 12.2 Å². The Hall–Kier alpha value is -1.99. The van der Waals surface area contributed by atoms with Crippen LogP contribution in [0.2, 0.25) is 0 Å². The molecule has 0 fully saturated rings. The molecule has 0 saturated heterocycles. The van der Waals surface area contributed by atoms with Crippen molar-refractivity contribution in [3.05, 3.63) is 0 Å². The molecule has 0 aliphatic rings. The number of aliphatic carboxylic acids is 2. The van der Waals surface area contributed by atoms with Gasteiger partial charge in [0, 0.05) is 5.75 Å². The Morgan fingerprint density at radius 3 is 2.00 bits per heavy atom. The predicted octanol–water partition coefficient (Wildman–Crippen LogP) is -0.944. The van der Waals surface area contributed by atoms with Crippen LogP contribution in [0.25, 0.3) is 0 Å². The van der Waals surface area contributed by atoms with Gasteiger partial charge in [-0.15, -0.1) is 0 Å². The minimum absolute atomic E-state index is 0.0157. The van der Waals surface area contributed by atoms with Crippen LogP contribution in [-0.4, -0.2) is 81.8 Å². The van der Waals surface area contributed by atoms with Crippen LogP contribution in [0, 0.1) is 5.92 Å². The van der Waals surface area contributed by atoms with Gasteiger partial charge < -0.3 is 31.9 Å². The van der Waals surface area contributed by atoms with Crippen LogP contribution in [0.1, 0.15) is 33.1 Å². The van der Waals surface area contributed by atoms with Gasteiger partial charge in [0.05, 0.1) is 12.5 Å². The number of hydrogen-bond donors (Lipinski definition) is 7. The molecule has 3 amide bonds. The molecule has 0 spiro atoms. The average molecular weight is 481 g/mol. The molecule has 0 aromatic heterocycles. The van der Waals surface area contributed by atoms with Crippen LogP contribution >= 0.6 is 24.4 Å². The fourth-order valence-corrected chi connectivity index (χ4v) is 3.10. The topological polar surface area (TPSA) is 188 Å². The molecule has 0 saturated carbocycles. The van der Waals surface area contributed by atoms with E-state index in [1.807, 2.05) is 0 Å². The number of carboxylic acid groups (broad SMARTS) is 2.